The first kappa shape index (κ1) is 13.7. The number of carboxylic acid groups (broad SMARTS) is 1. The highest BCUT2D eigenvalue weighted by Crippen LogP contribution is 2.34. The normalized spacial score (nSPS) is 10.6. The highest BCUT2D eigenvalue weighted by Gasteiger charge is 2.21. The molecule has 2 N–H and O–H groups in total. The Balaban J connectivity index is 2.18. The molecule has 0 aliphatic heterocycles. The van der Waals surface area contributed by atoms with Crippen molar-refractivity contribution in [2.24, 2.45) is 5.10 Å². The van der Waals surface area contributed by atoms with Crippen LogP contribution in [0.15, 0.2) is 41.5 Å². The Labute approximate surface area is 117 Å². The van der Waals surface area contributed by atoms with Gasteiger partial charge < -0.3 is 5.11 Å². The standard InChI is InChI=1S/C12H9N3O4S/c16-12(17)10-6-9(15(18)19)11(20-10)14-13-7-8-4-2-1-3-5-8/h1-7,14H,(H,16,17)/b13-7+. The molecule has 0 saturated carbocycles. The molecule has 0 atom stereocenters. The van der Waals surface area contributed by atoms with Crippen molar-refractivity contribution in [3.63, 3.8) is 0 Å². The molecule has 2 aromatic rings. The van der Waals surface area contributed by atoms with Crippen LogP contribution < -0.4 is 5.43 Å². The monoisotopic (exact) mass is 291 g/mol. The number of anilines is 1. The van der Waals surface area contributed by atoms with E-state index in [1.54, 1.807) is 0 Å². The maximum atomic E-state index is 10.8. The molecule has 0 unspecified atom stereocenters. The van der Waals surface area contributed by atoms with Crippen molar-refractivity contribution in [1.29, 1.82) is 0 Å². The number of nitrogens with zero attached hydrogens (tertiary/aromatic N) is 2. The van der Waals surface area contributed by atoms with Crippen LogP contribution >= 0.6 is 11.3 Å². The second-order valence-corrected chi connectivity index (χ2v) is 4.72. The molecular weight excluding hydrogens is 282 g/mol. The van der Waals surface area contributed by atoms with Gasteiger partial charge in [-0.15, -0.1) is 11.3 Å². The molecule has 102 valence electrons. The summed E-state index contributed by atoms with van der Waals surface area (Å²) in [4.78, 5) is 20.9. The smallest absolute Gasteiger partial charge is 0.346 e. The van der Waals surface area contributed by atoms with Gasteiger partial charge in [-0.05, 0) is 5.56 Å². The van der Waals surface area contributed by atoms with Gasteiger partial charge in [-0.3, -0.25) is 15.5 Å². The van der Waals surface area contributed by atoms with E-state index in [4.69, 9.17) is 5.11 Å². The summed E-state index contributed by atoms with van der Waals surface area (Å²) in [6.07, 6.45) is 1.49. The summed E-state index contributed by atoms with van der Waals surface area (Å²) in [6.45, 7) is 0. The van der Waals surface area contributed by atoms with Crippen molar-refractivity contribution in [2.75, 3.05) is 5.43 Å². The van der Waals surface area contributed by atoms with E-state index in [2.05, 4.69) is 10.5 Å². The molecule has 0 radical (unpaired) electrons. The van der Waals surface area contributed by atoms with Crippen molar-refractivity contribution in [3.8, 4) is 0 Å². The van der Waals surface area contributed by atoms with Crippen LogP contribution in [0.1, 0.15) is 15.2 Å². The Bertz CT molecular complexity index is 667. The number of hydrazone groups is 1. The first-order chi connectivity index (χ1) is 9.58. The molecule has 7 nitrogen and oxygen atoms in total. The second kappa shape index (κ2) is 5.93. The average Bonchev–Trinajstić information content (AvgIpc) is 2.84. The minimum atomic E-state index is -1.21. The van der Waals surface area contributed by atoms with Gasteiger partial charge in [0.2, 0.25) is 0 Å². The maximum Gasteiger partial charge on any atom is 0.346 e. The fraction of sp³-hybridized carbons (Fsp3) is 0. The Morgan fingerprint density at radius 1 is 1.40 bits per heavy atom. The van der Waals surface area contributed by atoms with Gasteiger partial charge in [-0.1, -0.05) is 30.3 Å². The highest BCUT2D eigenvalue weighted by atomic mass is 32.1. The van der Waals surface area contributed by atoms with Gasteiger partial charge in [0.15, 0.2) is 5.00 Å². The van der Waals surface area contributed by atoms with Crippen LogP contribution in [0.4, 0.5) is 10.7 Å². The second-order valence-electron chi connectivity index (χ2n) is 3.67. The minimum Gasteiger partial charge on any atom is -0.477 e. The number of carboxylic acids is 1. The molecule has 20 heavy (non-hydrogen) atoms. The number of benzene rings is 1. The lowest BCUT2D eigenvalue weighted by molar-refractivity contribution is -0.383. The number of hydrogen-bond acceptors (Lipinski definition) is 6. The number of aromatic carboxylic acids is 1. The predicted molar refractivity (Wildman–Crippen MR) is 75.6 cm³/mol. The van der Waals surface area contributed by atoms with Gasteiger partial charge in [0, 0.05) is 6.07 Å². The quantitative estimate of drug-likeness (QED) is 0.500. The van der Waals surface area contributed by atoms with Crippen LogP contribution in [-0.4, -0.2) is 22.2 Å². The molecule has 1 heterocycles. The van der Waals surface area contributed by atoms with Gasteiger partial charge in [0.1, 0.15) is 4.88 Å². The zero-order chi connectivity index (χ0) is 14.5. The predicted octanol–water partition coefficient (Wildman–Crippen LogP) is 2.80. The number of nitro groups is 1. The molecule has 1 aromatic heterocycles. The first-order valence-corrected chi connectivity index (χ1v) is 6.25. The van der Waals surface area contributed by atoms with Crippen molar-refractivity contribution in [2.45, 2.75) is 0 Å². The van der Waals surface area contributed by atoms with Gasteiger partial charge in [-0.25, -0.2) is 4.79 Å². The summed E-state index contributed by atoms with van der Waals surface area (Å²) in [6, 6.07) is 10.2. The van der Waals surface area contributed by atoms with E-state index in [1.165, 1.54) is 6.21 Å². The summed E-state index contributed by atoms with van der Waals surface area (Å²) in [5.74, 6) is -1.21. The third kappa shape index (κ3) is 3.18. The number of hydrogen-bond donors (Lipinski definition) is 2. The number of nitrogens with one attached hydrogen (secondary N) is 1. The lowest BCUT2D eigenvalue weighted by Crippen LogP contribution is -1.93. The van der Waals surface area contributed by atoms with Crippen LogP contribution in [0.2, 0.25) is 0 Å². The molecule has 2 rings (SSSR count). The summed E-state index contributed by atoms with van der Waals surface area (Å²) in [5.41, 5.74) is 3.01. The summed E-state index contributed by atoms with van der Waals surface area (Å²) >= 11 is 0.765. The zero-order valence-electron chi connectivity index (χ0n) is 10.0. The molecular formula is C12H9N3O4S. The minimum absolute atomic E-state index is 0.0829. The van der Waals surface area contributed by atoms with Crippen LogP contribution in [0, 0.1) is 10.1 Å². The lowest BCUT2D eigenvalue weighted by atomic mass is 10.2. The number of thiophene rings is 1. The van der Waals surface area contributed by atoms with E-state index >= 15 is 0 Å². The van der Waals surface area contributed by atoms with Crippen molar-refractivity contribution in [3.05, 3.63) is 57.0 Å². The molecule has 0 spiro atoms. The SMILES string of the molecule is O=C(O)c1cc([N+](=O)[O-])c(N/N=C/c2ccccc2)s1. The molecule has 1 aromatic carbocycles. The van der Waals surface area contributed by atoms with E-state index in [9.17, 15) is 14.9 Å². The molecule has 0 saturated heterocycles. The summed E-state index contributed by atoms with van der Waals surface area (Å²) in [7, 11) is 0. The van der Waals surface area contributed by atoms with Gasteiger partial charge >= 0.3 is 11.7 Å². The van der Waals surface area contributed by atoms with Crippen molar-refractivity contribution in [1.82, 2.24) is 0 Å². The van der Waals surface area contributed by atoms with E-state index in [0.717, 1.165) is 23.0 Å². The zero-order valence-corrected chi connectivity index (χ0v) is 10.8. The van der Waals surface area contributed by atoms with Crippen molar-refractivity contribution < 1.29 is 14.8 Å². The average molecular weight is 291 g/mol. The molecule has 0 aliphatic carbocycles. The Morgan fingerprint density at radius 3 is 2.70 bits per heavy atom. The van der Waals surface area contributed by atoms with Crippen LogP contribution in [0.25, 0.3) is 0 Å². The van der Waals surface area contributed by atoms with Crippen LogP contribution in [0.5, 0.6) is 0 Å². The number of carbonyl (C=O) groups is 1. The van der Waals surface area contributed by atoms with Crippen LogP contribution in [0.3, 0.4) is 0 Å². The fourth-order valence-corrected chi connectivity index (χ4v) is 2.22. The van der Waals surface area contributed by atoms with E-state index < -0.39 is 10.9 Å². The molecule has 0 fully saturated rings. The molecule has 0 bridgehead atoms. The topological polar surface area (TPSA) is 105 Å². The van der Waals surface area contributed by atoms with Gasteiger partial charge in [0.05, 0.1) is 11.1 Å². The third-order valence-electron chi connectivity index (χ3n) is 2.30. The maximum absolute atomic E-state index is 10.8. The van der Waals surface area contributed by atoms with Gasteiger partial charge in [0.25, 0.3) is 0 Å². The Morgan fingerprint density at radius 2 is 2.10 bits per heavy atom. The summed E-state index contributed by atoms with van der Waals surface area (Å²) in [5, 5.41) is 23.6. The summed E-state index contributed by atoms with van der Waals surface area (Å²) < 4.78 is 0. The number of rotatable bonds is 5. The Kier molecular flexibility index (Phi) is 4.06. The molecule has 0 aliphatic rings. The third-order valence-corrected chi connectivity index (χ3v) is 3.32. The first-order valence-electron chi connectivity index (χ1n) is 5.43. The van der Waals surface area contributed by atoms with Gasteiger partial charge in [-0.2, -0.15) is 5.10 Å². The fourth-order valence-electron chi connectivity index (χ4n) is 1.41. The van der Waals surface area contributed by atoms with Crippen molar-refractivity contribution >= 4 is 34.2 Å². The Hall–Kier alpha value is -2.74. The van der Waals surface area contributed by atoms with E-state index in [-0.39, 0.29) is 15.6 Å². The largest absolute Gasteiger partial charge is 0.477 e. The van der Waals surface area contributed by atoms with E-state index in [0.29, 0.717) is 0 Å². The molecule has 0 amide bonds. The van der Waals surface area contributed by atoms with Crippen LogP contribution in [-0.2, 0) is 0 Å². The van der Waals surface area contributed by atoms with E-state index in [1.807, 2.05) is 30.3 Å². The molecule has 8 heteroatoms. The lowest BCUT2D eigenvalue weighted by Gasteiger charge is -1.95. The highest BCUT2D eigenvalue weighted by molar-refractivity contribution is 7.18.